The zero-order valence-electron chi connectivity index (χ0n) is 13.0. The SMILES string of the molecule is COC(=O)CCC(C)(C)NC(=O)[C@@H]1CSc2ccccc2O1. The third-order valence-electron chi connectivity index (χ3n) is 3.44. The minimum Gasteiger partial charge on any atom is -0.479 e. The number of thioether (sulfide) groups is 1. The van der Waals surface area contributed by atoms with Crippen LogP contribution in [0.2, 0.25) is 0 Å². The fourth-order valence-corrected chi connectivity index (χ4v) is 3.13. The summed E-state index contributed by atoms with van der Waals surface area (Å²) in [7, 11) is 1.36. The Bertz CT molecular complexity index is 559. The minimum absolute atomic E-state index is 0.156. The fourth-order valence-electron chi connectivity index (χ4n) is 2.14. The van der Waals surface area contributed by atoms with Gasteiger partial charge in [0, 0.05) is 22.6 Å². The van der Waals surface area contributed by atoms with Gasteiger partial charge in [-0.15, -0.1) is 11.8 Å². The highest BCUT2D eigenvalue weighted by molar-refractivity contribution is 7.99. The number of benzene rings is 1. The summed E-state index contributed by atoms with van der Waals surface area (Å²) in [4.78, 5) is 24.6. The average molecular weight is 323 g/mol. The molecular weight excluding hydrogens is 302 g/mol. The van der Waals surface area contributed by atoms with Crippen molar-refractivity contribution in [3.05, 3.63) is 24.3 Å². The van der Waals surface area contributed by atoms with Crippen molar-refractivity contribution in [3.63, 3.8) is 0 Å². The molecule has 5 nitrogen and oxygen atoms in total. The van der Waals surface area contributed by atoms with Crippen LogP contribution in [0.5, 0.6) is 5.75 Å². The maximum Gasteiger partial charge on any atom is 0.305 e. The number of carbonyl (C=O) groups is 2. The summed E-state index contributed by atoms with van der Waals surface area (Å²) >= 11 is 1.61. The summed E-state index contributed by atoms with van der Waals surface area (Å²) in [5.41, 5.74) is -0.490. The van der Waals surface area contributed by atoms with Crippen molar-refractivity contribution in [1.82, 2.24) is 5.32 Å². The van der Waals surface area contributed by atoms with Gasteiger partial charge in [0.15, 0.2) is 6.10 Å². The van der Waals surface area contributed by atoms with Crippen molar-refractivity contribution in [2.45, 2.75) is 43.2 Å². The predicted octanol–water partition coefficient (Wildman–Crippen LogP) is 2.39. The lowest BCUT2D eigenvalue weighted by Gasteiger charge is -2.30. The lowest BCUT2D eigenvalue weighted by molar-refractivity contribution is -0.141. The van der Waals surface area contributed by atoms with Gasteiger partial charge in [0.2, 0.25) is 0 Å². The first-order chi connectivity index (χ1) is 10.4. The summed E-state index contributed by atoms with van der Waals surface area (Å²) in [6.07, 6.45) is 0.270. The molecule has 6 heteroatoms. The number of hydrogen-bond acceptors (Lipinski definition) is 5. The second kappa shape index (κ2) is 7.05. The molecule has 0 fully saturated rings. The zero-order chi connectivity index (χ0) is 16.2. The minimum atomic E-state index is -0.516. The molecular formula is C16H21NO4S. The van der Waals surface area contributed by atoms with E-state index >= 15 is 0 Å². The topological polar surface area (TPSA) is 64.6 Å². The van der Waals surface area contributed by atoms with Crippen LogP contribution in [0.1, 0.15) is 26.7 Å². The summed E-state index contributed by atoms with van der Waals surface area (Å²) in [6, 6.07) is 7.68. The van der Waals surface area contributed by atoms with Crippen LogP contribution >= 0.6 is 11.8 Å². The van der Waals surface area contributed by atoms with E-state index in [2.05, 4.69) is 10.1 Å². The average Bonchev–Trinajstić information content (AvgIpc) is 2.51. The summed E-state index contributed by atoms with van der Waals surface area (Å²) in [5.74, 6) is 0.888. The quantitative estimate of drug-likeness (QED) is 0.843. The van der Waals surface area contributed by atoms with Gasteiger partial charge >= 0.3 is 5.97 Å². The number of para-hydroxylation sites is 1. The molecule has 1 aromatic rings. The van der Waals surface area contributed by atoms with Crippen molar-refractivity contribution in [3.8, 4) is 5.75 Å². The molecule has 1 atom stereocenters. The number of ether oxygens (including phenoxy) is 2. The molecule has 0 unspecified atom stereocenters. The Morgan fingerprint density at radius 1 is 1.41 bits per heavy atom. The molecule has 1 amide bonds. The number of esters is 1. The van der Waals surface area contributed by atoms with Crippen molar-refractivity contribution >= 4 is 23.6 Å². The van der Waals surface area contributed by atoms with Gasteiger partial charge in [-0.05, 0) is 32.4 Å². The highest BCUT2D eigenvalue weighted by Gasteiger charge is 2.30. The second-order valence-corrected chi connectivity index (χ2v) is 6.88. The van der Waals surface area contributed by atoms with Crippen LogP contribution < -0.4 is 10.1 Å². The number of fused-ring (bicyclic) bond motifs is 1. The Balaban J connectivity index is 1.91. The molecule has 22 heavy (non-hydrogen) atoms. The van der Waals surface area contributed by atoms with Gasteiger partial charge in [0.25, 0.3) is 5.91 Å². The van der Waals surface area contributed by atoms with Crippen LogP contribution in [-0.4, -0.2) is 36.4 Å². The molecule has 0 radical (unpaired) electrons. The van der Waals surface area contributed by atoms with Crippen molar-refractivity contribution < 1.29 is 19.1 Å². The van der Waals surface area contributed by atoms with E-state index in [0.717, 1.165) is 10.6 Å². The highest BCUT2D eigenvalue weighted by Crippen LogP contribution is 2.35. The number of nitrogens with one attached hydrogen (secondary N) is 1. The van der Waals surface area contributed by atoms with E-state index < -0.39 is 11.6 Å². The lowest BCUT2D eigenvalue weighted by atomic mass is 9.98. The molecule has 0 saturated heterocycles. The molecule has 1 N–H and O–H groups in total. The number of carbonyl (C=O) groups excluding carboxylic acids is 2. The van der Waals surface area contributed by atoms with E-state index in [1.54, 1.807) is 11.8 Å². The molecule has 1 aliphatic heterocycles. The Morgan fingerprint density at radius 3 is 2.86 bits per heavy atom. The smallest absolute Gasteiger partial charge is 0.305 e. The van der Waals surface area contributed by atoms with Crippen molar-refractivity contribution in [2.75, 3.05) is 12.9 Å². The molecule has 1 aliphatic rings. The molecule has 0 saturated carbocycles. The maximum absolute atomic E-state index is 12.4. The zero-order valence-corrected chi connectivity index (χ0v) is 13.9. The summed E-state index contributed by atoms with van der Waals surface area (Å²) < 4.78 is 10.4. The van der Waals surface area contributed by atoms with Crippen LogP contribution in [0.15, 0.2) is 29.2 Å². The van der Waals surface area contributed by atoms with Crippen molar-refractivity contribution in [2.24, 2.45) is 0 Å². The molecule has 0 bridgehead atoms. The maximum atomic E-state index is 12.4. The standard InChI is InChI=1S/C16H21NO4S/c1-16(2,9-8-14(18)20-3)17-15(19)12-10-22-13-7-5-4-6-11(13)21-12/h4-7,12H,8-10H2,1-3H3,(H,17,19)/t12-/m0/s1. The Hall–Kier alpha value is -1.69. The molecule has 0 spiro atoms. The number of methoxy groups -OCH3 is 1. The van der Waals surface area contributed by atoms with Crippen LogP contribution in [-0.2, 0) is 14.3 Å². The first kappa shape index (κ1) is 16.7. The fraction of sp³-hybridized carbons (Fsp3) is 0.500. The normalized spacial score (nSPS) is 17.1. The highest BCUT2D eigenvalue weighted by atomic mass is 32.2. The van der Waals surface area contributed by atoms with E-state index in [0.29, 0.717) is 12.2 Å². The predicted molar refractivity (Wildman–Crippen MR) is 85.1 cm³/mol. The Labute approximate surface area is 134 Å². The van der Waals surface area contributed by atoms with Gasteiger partial charge in [-0.25, -0.2) is 0 Å². The Morgan fingerprint density at radius 2 is 2.14 bits per heavy atom. The lowest BCUT2D eigenvalue weighted by Crippen LogP contribution is -2.50. The van der Waals surface area contributed by atoms with Crippen LogP contribution in [0.4, 0.5) is 0 Å². The van der Waals surface area contributed by atoms with Gasteiger partial charge in [0.05, 0.1) is 7.11 Å². The second-order valence-electron chi connectivity index (χ2n) is 5.81. The van der Waals surface area contributed by atoms with E-state index in [1.807, 2.05) is 38.1 Å². The first-order valence-corrected chi connectivity index (χ1v) is 8.17. The third kappa shape index (κ3) is 4.40. The van der Waals surface area contributed by atoms with Gasteiger partial charge in [-0.3, -0.25) is 9.59 Å². The third-order valence-corrected chi connectivity index (χ3v) is 4.56. The molecule has 120 valence electrons. The Kier molecular flexibility index (Phi) is 5.34. The largest absolute Gasteiger partial charge is 0.479 e. The molecule has 0 aliphatic carbocycles. The van der Waals surface area contributed by atoms with Crippen LogP contribution in [0.25, 0.3) is 0 Å². The molecule has 2 rings (SSSR count). The first-order valence-electron chi connectivity index (χ1n) is 7.18. The van der Waals surface area contributed by atoms with Crippen molar-refractivity contribution in [1.29, 1.82) is 0 Å². The summed E-state index contributed by atoms with van der Waals surface area (Å²) in [5, 5.41) is 2.95. The van der Waals surface area contributed by atoms with Crippen LogP contribution in [0, 0.1) is 0 Å². The number of hydrogen-bond donors (Lipinski definition) is 1. The van der Waals surface area contributed by atoms with Gasteiger partial charge in [-0.1, -0.05) is 12.1 Å². The monoisotopic (exact) mass is 323 g/mol. The molecule has 0 aromatic heterocycles. The summed E-state index contributed by atoms with van der Waals surface area (Å²) in [6.45, 7) is 3.77. The van der Waals surface area contributed by atoms with E-state index in [-0.39, 0.29) is 18.3 Å². The van der Waals surface area contributed by atoms with Gasteiger partial charge in [0.1, 0.15) is 5.75 Å². The van der Waals surface area contributed by atoms with E-state index in [4.69, 9.17) is 4.74 Å². The number of amides is 1. The number of rotatable bonds is 5. The van der Waals surface area contributed by atoms with E-state index in [1.165, 1.54) is 7.11 Å². The molecule has 1 heterocycles. The van der Waals surface area contributed by atoms with Crippen LogP contribution in [0.3, 0.4) is 0 Å². The van der Waals surface area contributed by atoms with Gasteiger partial charge < -0.3 is 14.8 Å². The van der Waals surface area contributed by atoms with E-state index in [9.17, 15) is 9.59 Å². The van der Waals surface area contributed by atoms with Gasteiger partial charge in [-0.2, -0.15) is 0 Å². The molecule has 1 aromatic carbocycles.